The van der Waals surface area contributed by atoms with E-state index in [1.165, 1.54) is 54.6 Å². The zero-order valence-electron chi connectivity index (χ0n) is 24.7. The maximum atomic E-state index is 6.12. The summed E-state index contributed by atoms with van der Waals surface area (Å²) in [4.78, 5) is 5.11. The zero-order chi connectivity index (χ0) is 29.4. The summed E-state index contributed by atoms with van der Waals surface area (Å²) in [5.74, 6) is 1.89. The standard InChI is InChI=1S/C41H30N2O/c1-41(2)25-44-36-18-10-17-35-39(36)43(41)40(42-35)30-22-20-27-23-29(21-19-28(27)24-30)38-33-15-8-6-13-31(33)37(26-11-4-3-5-12-26)32-14-7-9-16-34(32)38/h3-24H,25H2,1-2H3. The highest BCUT2D eigenvalue weighted by atomic mass is 16.5. The van der Waals surface area contributed by atoms with Crippen molar-refractivity contribution in [3.05, 3.63) is 133 Å². The first-order valence-electron chi connectivity index (χ1n) is 15.2. The number of nitrogens with zero attached hydrogens (tertiary/aromatic N) is 2. The summed E-state index contributed by atoms with van der Waals surface area (Å²) in [7, 11) is 0. The fourth-order valence-electron chi connectivity index (χ4n) is 7.21. The van der Waals surface area contributed by atoms with Crippen LogP contribution in [-0.4, -0.2) is 16.2 Å². The van der Waals surface area contributed by atoms with E-state index in [1.54, 1.807) is 0 Å². The molecule has 8 aromatic rings. The predicted octanol–water partition coefficient (Wildman–Crippen LogP) is 10.6. The molecule has 1 aliphatic rings. The van der Waals surface area contributed by atoms with Crippen LogP contribution in [0.25, 0.3) is 77.0 Å². The van der Waals surface area contributed by atoms with E-state index in [9.17, 15) is 0 Å². The summed E-state index contributed by atoms with van der Waals surface area (Å²) >= 11 is 0. The van der Waals surface area contributed by atoms with Crippen molar-refractivity contribution in [2.45, 2.75) is 19.4 Å². The van der Waals surface area contributed by atoms with Gasteiger partial charge in [-0.2, -0.15) is 0 Å². The van der Waals surface area contributed by atoms with Crippen LogP contribution in [0.3, 0.4) is 0 Å². The fourth-order valence-corrected chi connectivity index (χ4v) is 7.21. The first kappa shape index (κ1) is 25.1. The van der Waals surface area contributed by atoms with Crippen LogP contribution < -0.4 is 4.74 Å². The summed E-state index contributed by atoms with van der Waals surface area (Å²) in [5, 5.41) is 7.49. The molecule has 0 spiro atoms. The van der Waals surface area contributed by atoms with Crippen LogP contribution in [0.4, 0.5) is 0 Å². The van der Waals surface area contributed by atoms with Crippen molar-refractivity contribution < 1.29 is 4.74 Å². The molecule has 9 rings (SSSR count). The molecule has 0 bridgehead atoms. The molecular weight excluding hydrogens is 536 g/mol. The van der Waals surface area contributed by atoms with Crippen LogP contribution in [0, 0.1) is 0 Å². The predicted molar refractivity (Wildman–Crippen MR) is 183 cm³/mol. The average Bonchev–Trinajstić information content (AvgIpc) is 3.47. The highest BCUT2D eigenvalue weighted by Crippen LogP contribution is 2.45. The molecule has 0 saturated heterocycles. The van der Waals surface area contributed by atoms with E-state index in [0.29, 0.717) is 6.61 Å². The monoisotopic (exact) mass is 566 g/mol. The lowest BCUT2D eigenvalue weighted by Gasteiger charge is -2.33. The van der Waals surface area contributed by atoms with Crippen molar-refractivity contribution in [1.82, 2.24) is 9.55 Å². The minimum Gasteiger partial charge on any atom is -0.489 e. The Balaban J connectivity index is 1.24. The maximum absolute atomic E-state index is 6.12. The van der Waals surface area contributed by atoms with Crippen LogP contribution in [0.2, 0.25) is 0 Å². The van der Waals surface area contributed by atoms with E-state index in [4.69, 9.17) is 9.72 Å². The van der Waals surface area contributed by atoms with Gasteiger partial charge in [-0.05, 0) is 92.7 Å². The van der Waals surface area contributed by atoms with Gasteiger partial charge in [0.15, 0.2) is 0 Å². The smallest absolute Gasteiger partial charge is 0.145 e. The zero-order valence-corrected chi connectivity index (χ0v) is 24.7. The Hall–Kier alpha value is -5.41. The van der Waals surface area contributed by atoms with Gasteiger partial charge in [-0.15, -0.1) is 0 Å². The van der Waals surface area contributed by atoms with Crippen LogP contribution in [0.1, 0.15) is 13.8 Å². The third kappa shape index (κ3) is 3.66. The Bertz CT molecular complexity index is 2360. The first-order chi connectivity index (χ1) is 21.6. The number of ether oxygens (including phenoxy) is 1. The van der Waals surface area contributed by atoms with E-state index in [0.717, 1.165) is 28.2 Å². The van der Waals surface area contributed by atoms with Crippen LogP contribution in [0.5, 0.6) is 5.75 Å². The van der Waals surface area contributed by atoms with E-state index in [1.807, 2.05) is 12.1 Å². The molecule has 0 atom stereocenters. The second-order valence-corrected chi connectivity index (χ2v) is 12.5. The Morgan fingerprint density at radius 2 is 1.14 bits per heavy atom. The highest BCUT2D eigenvalue weighted by molar-refractivity contribution is 6.21. The number of hydrogen-bond donors (Lipinski definition) is 0. The van der Waals surface area contributed by atoms with Crippen molar-refractivity contribution in [3.63, 3.8) is 0 Å². The lowest BCUT2D eigenvalue weighted by Crippen LogP contribution is -2.36. The molecule has 1 aromatic heterocycles. The molecular formula is C41H30N2O. The van der Waals surface area contributed by atoms with E-state index >= 15 is 0 Å². The fraction of sp³-hybridized carbons (Fsp3) is 0.0976. The van der Waals surface area contributed by atoms with Gasteiger partial charge in [0.2, 0.25) is 0 Å². The Morgan fingerprint density at radius 3 is 1.80 bits per heavy atom. The molecule has 3 heteroatoms. The van der Waals surface area contributed by atoms with Crippen molar-refractivity contribution in [2.75, 3.05) is 6.61 Å². The minimum absolute atomic E-state index is 0.203. The van der Waals surface area contributed by atoms with Crippen molar-refractivity contribution in [3.8, 4) is 39.4 Å². The molecule has 3 nitrogen and oxygen atoms in total. The molecule has 0 unspecified atom stereocenters. The quantitative estimate of drug-likeness (QED) is 0.199. The lowest BCUT2D eigenvalue weighted by molar-refractivity contribution is 0.173. The lowest BCUT2D eigenvalue weighted by atomic mass is 9.85. The molecule has 7 aromatic carbocycles. The highest BCUT2D eigenvalue weighted by Gasteiger charge is 2.33. The molecule has 0 saturated carbocycles. The average molecular weight is 567 g/mol. The van der Waals surface area contributed by atoms with Gasteiger partial charge in [0.05, 0.1) is 11.1 Å². The molecule has 0 N–H and O–H groups in total. The van der Waals surface area contributed by atoms with Gasteiger partial charge in [-0.3, -0.25) is 0 Å². The topological polar surface area (TPSA) is 27.1 Å². The molecule has 0 amide bonds. The minimum atomic E-state index is -0.203. The van der Waals surface area contributed by atoms with Gasteiger partial charge >= 0.3 is 0 Å². The summed E-state index contributed by atoms with van der Waals surface area (Å²) in [6.07, 6.45) is 0. The second kappa shape index (κ2) is 9.29. The maximum Gasteiger partial charge on any atom is 0.145 e. The van der Waals surface area contributed by atoms with Crippen molar-refractivity contribution in [1.29, 1.82) is 0 Å². The Morgan fingerprint density at radius 1 is 0.568 bits per heavy atom. The van der Waals surface area contributed by atoms with Gasteiger partial charge in [0.25, 0.3) is 0 Å². The van der Waals surface area contributed by atoms with Gasteiger partial charge in [-0.25, -0.2) is 4.98 Å². The Kier molecular flexibility index (Phi) is 5.31. The number of rotatable bonds is 3. The van der Waals surface area contributed by atoms with Crippen LogP contribution >= 0.6 is 0 Å². The number of aromatic nitrogens is 2. The SMILES string of the molecule is CC1(C)COc2cccc3nc(-c4ccc5cc(-c6c7ccccc7c(-c7ccccc7)c7ccccc67)ccc5c4)n1c23. The normalized spacial score (nSPS) is 14.0. The van der Waals surface area contributed by atoms with Gasteiger partial charge in [0, 0.05) is 5.56 Å². The molecule has 210 valence electrons. The third-order valence-corrected chi connectivity index (χ3v) is 9.21. The summed E-state index contributed by atoms with van der Waals surface area (Å²) < 4.78 is 8.48. The van der Waals surface area contributed by atoms with Gasteiger partial charge < -0.3 is 9.30 Å². The van der Waals surface area contributed by atoms with Gasteiger partial charge in [-0.1, -0.05) is 109 Å². The molecule has 0 aliphatic carbocycles. The largest absolute Gasteiger partial charge is 0.489 e. The summed E-state index contributed by atoms with van der Waals surface area (Å²) in [5.41, 5.74) is 7.99. The molecule has 0 radical (unpaired) electrons. The van der Waals surface area contributed by atoms with E-state index in [2.05, 4.69) is 140 Å². The van der Waals surface area contributed by atoms with Crippen molar-refractivity contribution in [2.24, 2.45) is 0 Å². The number of imidazole rings is 1. The molecule has 44 heavy (non-hydrogen) atoms. The van der Waals surface area contributed by atoms with Gasteiger partial charge in [0.1, 0.15) is 23.7 Å². The number of benzene rings is 7. The Labute approximate surface area is 256 Å². The third-order valence-electron chi connectivity index (χ3n) is 9.21. The van der Waals surface area contributed by atoms with Crippen LogP contribution in [0.15, 0.2) is 133 Å². The van der Waals surface area contributed by atoms with Crippen molar-refractivity contribution >= 4 is 43.4 Å². The summed E-state index contributed by atoms with van der Waals surface area (Å²) in [6.45, 7) is 5.06. The molecule has 0 fully saturated rings. The van der Waals surface area contributed by atoms with E-state index < -0.39 is 0 Å². The number of para-hydroxylation sites is 1. The molecule has 2 heterocycles. The first-order valence-corrected chi connectivity index (χ1v) is 15.2. The number of hydrogen-bond acceptors (Lipinski definition) is 2. The number of fused-ring (bicyclic) bond motifs is 3. The van der Waals surface area contributed by atoms with E-state index in [-0.39, 0.29) is 5.54 Å². The summed E-state index contributed by atoms with van der Waals surface area (Å²) in [6, 6.07) is 48.2. The molecule has 1 aliphatic heterocycles. The van der Waals surface area contributed by atoms with Crippen LogP contribution in [-0.2, 0) is 5.54 Å². The second-order valence-electron chi connectivity index (χ2n) is 12.5.